The Morgan fingerprint density at radius 3 is 3.00 bits per heavy atom. The van der Waals surface area contributed by atoms with Crippen LogP contribution in [0, 0.1) is 0 Å². The molecule has 3 nitrogen and oxygen atoms in total. The second-order valence-corrected chi connectivity index (χ2v) is 3.82. The van der Waals surface area contributed by atoms with Crippen molar-refractivity contribution in [2.45, 2.75) is 6.92 Å². The van der Waals surface area contributed by atoms with E-state index >= 15 is 0 Å². The molecule has 2 rings (SSSR count). The first-order valence-electron chi connectivity index (χ1n) is 4.35. The van der Waals surface area contributed by atoms with Crippen LogP contribution >= 0.6 is 11.3 Å². The number of rotatable bonds is 2. The molecule has 1 aromatic carbocycles. The Hall–Kier alpha value is -1.42. The van der Waals surface area contributed by atoms with Crippen molar-refractivity contribution in [2.24, 2.45) is 0 Å². The number of aromatic hydroxyl groups is 1. The second kappa shape index (κ2) is 3.38. The SMILES string of the molecule is CCOc1c(N)ccc2scc(O)c12. The molecule has 0 spiro atoms. The zero-order valence-corrected chi connectivity index (χ0v) is 8.60. The Kier molecular flexibility index (Phi) is 2.21. The van der Waals surface area contributed by atoms with Gasteiger partial charge in [-0.3, -0.25) is 0 Å². The summed E-state index contributed by atoms with van der Waals surface area (Å²) in [7, 11) is 0. The number of hydrogen-bond acceptors (Lipinski definition) is 4. The van der Waals surface area contributed by atoms with E-state index in [0.29, 0.717) is 18.0 Å². The summed E-state index contributed by atoms with van der Waals surface area (Å²) in [6.07, 6.45) is 0. The Labute approximate surface area is 85.7 Å². The summed E-state index contributed by atoms with van der Waals surface area (Å²) in [6.45, 7) is 2.43. The third-order valence-electron chi connectivity index (χ3n) is 1.99. The Morgan fingerprint density at radius 1 is 1.50 bits per heavy atom. The highest BCUT2D eigenvalue weighted by Gasteiger charge is 2.11. The number of hydrogen-bond donors (Lipinski definition) is 2. The monoisotopic (exact) mass is 209 g/mol. The van der Waals surface area contributed by atoms with E-state index < -0.39 is 0 Å². The summed E-state index contributed by atoms with van der Waals surface area (Å²) in [6, 6.07) is 3.68. The van der Waals surface area contributed by atoms with Crippen LogP contribution in [0.1, 0.15) is 6.92 Å². The van der Waals surface area contributed by atoms with Crippen molar-refractivity contribution in [1.82, 2.24) is 0 Å². The van der Waals surface area contributed by atoms with Gasteiger partial charge in [0, 0.05) is 10.1 Å². The lowest BCUT2D eigenvalue weighted by atomic mass is 10.2. The largest absolute Gasteiger partial charge is 0.506 e. The average molecular weight is 209 g/mol. The van der Waals surface area contributed by atoms with Crippen LogP contribution in [0.2, 0.25) is 0 Å². The van der Waals surface area contributed by atoms with Crippen molar-refractivity contribution < 1.29 is 9.84 Å². The van der Waals surface area contributed by atoms with Gasteiger partial charge >= 0.3 is 0 Å². The first-order valence-corrected chi connectivity index (χ1v) is 5.23. The molecular formula is C10H11NO2S. The van der Waals surface area contributed by atoms with Crippen LogP contribution in [-0.4, -0.2) is 11.7 Å². The smallest absolute Gasteiger partial charge is 0.154 e. The lowest BCUT2D eigenvalue weighted by molar-refractivity contribution is 0.345. The van der Waals surface area contributed by atoms with Crippen molar-refractivity contribution in [2.75, 3.05) is 12.3 Å². The molecule has 14 heavy (non-hydrogen) atoms. The first-order chi connectivity index (χ1) is 6.74. The summed E-state index contributed by atoms with van der Waals surface area (Å²) >= 11 is 1.48. The molecule has 0 fully saturated rings. The fourth-order valence-corrected chi connectivity index (χ4v) is 2.22. The second-order valence-electron chi connectivity index (χ2n) is 2.91. The molecule has 0 amide bonds. The Bertz CT molecular complexity index is 464. The fourth-order valence-electron chi connectivity index (χ4n) is 1.40. The highest BCUT2D eigenvalue weighted by molar-refractivity contribution is 7.17. The maximum absolute atomic E-state index is 9.62. The minimum absolute atomic E-state index is 0.237. The van der Waals surface area contributed by atoms with Crippen LogP contribution in [0.3, 0.4) is 0 Å². The highest BCUT2D eigenvalue weighted by Crippen LogP contribution is 2.41. The van der Waals surface area contributed by atoms with Crippen molar-refractivity contribution in [3.8, 4) is 11.5 Å². The van der Waals surface area contributed by atoms with Gasteiger partial charge in [-0.25, -0.2) is 0 Å². The highest BCUT2D eigenvalue weighted by atomic mass is 32.1. The molecule has 0 aliphatic rings. The standard InChI is InChI=1S/C10H11NO2S/c1-2-13-10-6(11)3-4-8-9(10)7(12)5-14-8/h3-5,12H,2,11H2,1H3. The number of fused-ring (bicyclic) bond motifs is 1. The third kappa shape index (κ3) is 1.28. The van der Waals surface area contributed by atoms with E-state index in [2.05, 4.69) is 0 Å². The van der Waals surface area contributed by atoms with E-state index in [1.165, 1.54) is 11.3 Å². The molecule has 0 unspecified atom stereocenters. The average Bonchev–Trinajstić information content (AvgIpc) is 2.53. The minimum atomic E-state index is 0.237. The van der Waals surface area contributed by atoms with Gasteiger partial charge in [0.15, 0.2) is 5.75 Å². The molecule has 0 aliphatic carbocycles. The molecule has 0 aliphatic heterocycles. The zero-order valence-electron chi connectivity index (χ0n) is 7.78. The van der Waals surface area contributed by atoms with Crippen molar-refractivity contribution in [3.05, 3.63) is 17.5 Å². The van der Waals surface area contributed by atoms with Gasteiger partial charge in [-0.1, -0.05) is 0 Å². The lowest BCUT2D eigenvalue weighted by Gasteiger charge is -2.08. The van der Waals surface area contributed by atoms with Crippen molar-refractivity contribution in [1.29, 1.82) is 0 Å². The van der Waals surface area contributed by atoms with Crippen LogP contribution < -0.4 is 10.5 Å². The van der Waals surface area contributed by atoms with Crippen LogP contribution in [-0.2, 0) is 0 Å². The van der Waals surface area contributed by atoms with Gasteiger partial charge in [0.1, 0.15) is 5.75 Å². The Balaban J connectivity index is 2.73. The van der Waals surface area contributed by atoms with Gasteiger partial charge in [-0.15, -0.1) is 11.3 Å². The molecular weight excluding hydrogens is 198 g/mol. The van der Waals surface area contributed by atoms with Gasteiger partial charge in [-0.2, -0.15) is 0 Å². The maximum Gasteiger partial charge on any atom is 0.154 e. The fraction of sp³-hybridized carbons (Fsp3) is 0.200. The predicted octanol–water partition coefficient (Wildman–Crippen LogP) is 2.59. The van der Waals surface area contributed by atoms with Gasteiger partial charge in [0.2, 0.25) is 0 Å². The summed E-state index contributed by atoms with van der Waals surface area (Å²) in [5.41, 5.74) is 6.33. The molecule has 0 bridgehead atoms. The van der Waals surface area contributed by atoms with E-state index in [1.54, 1.807) is 11.4 Å². The van der Waals surface area contributed by atoms with E-state index in [1.807, 2.05) is 13.0 Å². The topological polar surface area (TPSA) is 55.5 Å². The van der Waals surface area contributed by atoms with Gasteiger partial charge in [0.05, 0.1) is 17.7 Å². The van der Waals surface area contributed by atoms with Gasteiger partial charge in [0.25, 0.3) is 0 Å². The molecule has 0 saturated carbocycles. The number of thiophene rings is 1. The van der Waals surface area contributed by atoms with E-state index in [-0.39, 0.29) is 5.75 Å². The number of nitrogen functional groups attached to an aromatic ring is 1. The van der Waals surface area contributed by atoms with Crippen LogP contribution in [0.25, 0.3) is 10.1 Å². The summed E-state index contributed by atoms with van der Waals surface area (Å²) in [4.78, 5) is 0. The number of nitrogens with two attached hydrogens (primary N) is 1. The van der Waals surface area contributed by atoms with Crippen molar-refractivity contribution >= 4 is 27.1 Å². The molecule has 4 heteroatoms. The third-order valence-corrected chi connectivity index (χ3v) is 2.93. The zero-order chi connectivity index (χ0) is 10.1. The quantitative estimate of drug-likeness (QED) is 0.747. The first kappa shape index (κ1) is 9.15. The molecule has 3 N–H and O–H groups in total. The molecule has 2 aromatic rings. The molecule has 1 aromatic heterocycles. The van der Waals surface area contributed by atoms with Crippen LogP contribution in [0.15, 0.2) is 17.5 Å². The van der Waals surface area contributed by atoms with Gasteiger partial charge < -0.3 is 15.6 Å². The van der Waals surface area contributed by atoms with Crippen molar-refractivity contribution in [3.63, 3.8) is 0 Å². The van der Waals surface area contributed by atoms with E-state index in [9.17, 15) is 5.11 Å². The Morgan fingerprint density at radius 2 is 2.29 bits per heavy atom. The summed E-state index contributed by atoms with van der Waals surface area (Å²) in [5, 5.41) is 12.0. The maximum atomic E-state index is 9.62. The molecule has 74 valence electrons. The number of benzene rings is 1. The molecule has 0 atom stereocenters. The normalized spacial score (nSPS) is 10.6. The summed E-state index contributed by atoms with van der Waals surface area (Å²) in [5.74, 6) is 0.824. The van der Waals surface area contributed by atoms with E-state index in [4.69, 9.17) is 10.5 Å². The molecule has 0 saturated heterocycles. The summed E-state index contributed by atoms with van der Waals surface area (Å²) < 4.78 is 6.40. The van der Waals surface area contributed by atoms with Gasteiger partial charge in [-0.05, 0) is 19.1 Å². The lowest BCUT2D eigenvalue weighted by Crippen LogP contribution is -1.96. The number of anilines is 1. The van der Waals surface area contributed by atoms with Crippen LogP contribution in [0.5, 0.6) is 11.5 Å². The van der Waals surface area contributed by atoms with E-state index in [0.717, 1.165) is 10.1 Å². The minimum Gasteiger partial charge on any atom is -0.506 e. The van der Waals surface area contributed by atoms with Crippen LogP contribution in [0.4, 0.5) is 5.69 Å². The predicted molar refractivity (Wildman–Crippen MR) is 59.1 cm³/mol. The molecule has 1 heterocycles. The number of ether oxygens (including phenoxy) is 1. The molecule has 0 radical (unpaired) electrons.